The van der Waals surface area contributed by atoms with E-state index < -0.39 is 0 Å². The lowest BCUT2D eigenvalue weighted by Gasteiger charge is -2.32. The first kappa shape index (κ1) is 15.8. The Hall–Kier alpha value is -2.11. The van der Waals surface area contributed by atoms with Crippen LogP contribution in [-0.2, 0) is 0 Å². The van der Waals surface area contributed by atoms with Crippen molar-refractivity contribution >= 4 is 28.9 Å². The van der Waals surface area contributed by atoms with E-state index in [0.29, 0.717) is 10.6 Å². The lowest BCUT2D eigenvalue weighted by molar-refractivity contribution is 0.0663. The van der Waals surface area contributed by atoms with Crippen LogP contribution in [-0.4, -0.2) is 53.9 Å². The van der Waals surface area contributed by atoms with Crippen LogP contribution in [0.25, 0.3) is 0 Å². The molecule has 0 aliphatic carbocycles. The van der Waals surface area contributed by atoms with Gasteiger partial charge in [0.15, 0.2) is 0 Å². The number of hydrogen-bond donors (Lipinski definition) is 1. The van der Waals surface area contributed by atoms with Gasteiger partial charge in [0.1, 0.15) is 0 Å². The highest BCUT2D eigenvalue weighted by Gasteiger charge is 2.20. The Balaban J connectivity index is 1.71. The van der Waals surface area contributed by atoms with Gasteiger partial charge >= 0.3 is 0 Å². The van der Waals surface area contributed by atoms with E-state index in [0.717, 1.165) is 37.6 Å². The second-order valence-corrected chi connectivity index (χ2v) is 6.13. The van der Waals surface area contributed by atoms with Crippen LogP contribution in [0.2, 0.25) is 5.02 Å². The van der Waals surface area contributed by atoms with Gasteiger partial charge in [-0.05, 0) is 37.4 Å². The molecule has 0 unspecified atom stereocenters. The average molecular weight is 331 g/mol. The molecule has 1 aliphatic heterocycles. The number of amides is 1. The van der Waals surface area contributed by atoms with Crippen LogP contribution < -0.4 is 5.32 Å². The Morgan fingerprint density at radius 2 is 1.78 bits per heavy atom. The zero-order valence-electron chi connectivity index (χ0n) is 13.0. The van der Waals surface area contributed by atoms with Crippen molar-refractivity contribution in [1.82, 2.24) is 14.8 Å². The maximum atomic E-state index is 12.6. The second kappa shape index (κ2) is 6.98. The van der Waals surface area contributed by atoms with E-state index in [1.807, 2.05) is 35.2 Å². The first-order valence-electron chi connectivity index (χ1n) is 7.57. The van der Waals surface area contributed by atoms with Gasteiger partial charge in [0, 0.05) is 43.1 Å². The molecule has 2 heterocycles. The molecule has 1 aliphatic rings. The zero-order valence-corrected chi connectivity index (χ0v) is 13.8. The topological polar surface area (TPSA) is 48.5 Å². The number of aromatic nitrogens is 1. The van der Waals surface area contributed by atoms with Crippen LogP contribution in [0.3, 0.4) is 0 Å². The standard InChI is InChI=1S/C17H19ClN4O/c1-21-6-8-22(9-7-21)17(23)13-10-16(12-19-11-13)20-15-4-2-14(18)3-5-15/h2-5,10-12,20H,6-9H2,1H3. The van der Waals surface area contributed by atoms with Gasteiger partial charge < -0.3 is 15.1 Å². The summed E-state index contributed by atoms with van der Waals surface area (Å²) in [5, 5.41) is 3.92. The minimum absolute atomic E-state index is 0.0327. The van der Waals surface area contributed by atoms with Crippen LogP contribution in [0.4, 0.5) is 11.4 Å². The molecule has 0 radical (unpaired) electrons. The number of pyridine rings is 1. The van der Waals surface area contributed by atoms with E-state index in [2.05, 4.69) is 22.2 Å². The number of nitrogens with one attached hydrogen (secondary N) is 1. The van der Waals surface area contributed by atoms with Crippen molar-refractivity contribution in [2.75, 3.05) is 38.5 Å². The normalized spacial score (nSPS) is 15.5. The van der Waals surface area contributed by atoms with Crippen LogP contribution >= 0.6 is 11.6 Å². The summed E-state index contributed by atoms with van der Waals surface area (Å²) >= 11 is 5.88. The van der Waals surface area contributed by atoms with Gasteiger partial charge in [-0.15, -0.1) is 0 Å². The van der Waals surface area contributed by atoms with Gasteiger partial charge in [-0.3, -0.25) is 9.78 Å². The number of carbonyl (C=O) groups is 1. The van der Waals surface area contributed by atoms with Crippen molar-refractivity contribution in [3.8, 4) is 0 Å². The Morgan fingerprint density at radius 1 is 1.09 bits per heavy atom. The van der Waals surface area contributed by atoms with E-state index in [4.69, 9.17) is 11.6 Å². The molecule has 1 N–H and O–H groups in total. The van der Waals surface area contributed by atoms with Crippen LogP contribution in [0, 0.1) is 0 Å². The maximum Gasteiger partial charge on any atom is 0.255 e. The quantitative estimate of drug-likeness (QED) is 0.940. The minimum atomic E-state index is 0.0327. The molecule has 2 aromatic rings. The first-order chi connectivity index (χ1) is 11.1. The first-order valence-corrected chi connectivity index (χ1v) is 7.95. The molecule has 0 saturated carbocycles. The monoisotopic (exact) mass is 330 g/mol. The Morgan fingerprint density at radius 3 is 2.48 bits per heavy atom. The molecule has 1 amide bonds. The van der Waals surface area contributed by atoms with E-state index >= 15 is 0 Å². The van der Waals surface area contributed by atoms with Crippen molar-refractivity contribution in [2.45, 2.75) is 0 Å². The maximum absolute atomic E-state index is 12.6. The number of likely N-dealkylation sites (N-methyl/N-ethyl adjacent to an activating group) is 1. The van der Waals surface area contributed by atoms with Crippen LogP contribution in [0.15, 0.2) is 42.7 Å². The largest absolute Gasteiger partial charge is 0.354 e. The molecule has 23 heavy (non-hydrogen) atoms. The molecule has 5 nitrogen and oxygen atoms in total. The van der Waals surface area contributed by atoms with Crippen molar-refractivity contribution in [3.05, 3.63) is 53.3 Å². The van der Waals surface area contributed by atoms with E-state index in [1.54, 1.807) is 12.4 Å². The number of rotatable bonds is 3. The van der Waals surface area contributed by atoms with Crippen molar-refractivity contribution < 1.29 is 4.79 Å². The fourth-order valence-electron chi connectivity index (χ4n) is 2.52. The third-order valence-corrected chi connectivity index (χ3v) is 4.16. The lowest BCUT2D eigenvalue weighted by atomic mass is 10.2. The van der Waals surface area contributed by atoms with Crippen molar-refractivity contribution in [1.29, 1.82) is 0 Å². The molecule has 0 bridgehead atoms. The molecule has 1 aromatic heterocycles. The lowest BCUT2D eigenvalue weighted by Crippen LogP contribution is -2.47. The van der Waals surface area contributed by atoms with Gasteiger partial charge in [0.05, 0.1) is 17.4 Å². The van der Waals surface area contributed by atoms with Crippen molar-refractivity contribution in [3.63, 3.8) is 0 Å². The molecule has 1 saturated heterocycles. The highest BCUT2D eigenvalue weighted by atomic mass is 35.5. The average Bonchev–Trinajstić information content (AvgIpc) is 2.57. The van der Waals surface area contributed by atoms with Gasteiger partial charge in [0.25, 0.3) is 5.91 Å². The summed E-state index contributed by atoms with van der Waals surface area (Å²) in [6.07, 6.45) is 3.32. The predicted molar refractivity (Wildman–Crippen MR) is 92.4 cm³/mol. The highest BCUT2D eigenvalue weighted by molar-refractivity contribution is 6.30. The van der Waals surface area contributed by atoms with Gasteiger partial charge in [-0.2, -0.15) is 0 Å². The second-order valence-electron chi connectivity index (χ2n) is 5.69. The molecule has 6 heteroatoms. The number of piperazine rings is 1. The zero-order chi connectivity index (χ0) is 16.2. The molecule has 1 aromatic carbocycles. The molecule has 3 rings (SSSR count). The molecule has 0 atom stereocenters. The summed E-state index contributed by atoms with van der Waals surface area (Å²) in [5.41, 5.74) is 2.29. The Bertz CT molecular complexity index is 681. The fraction of sp³-hybridized carbons (Fsp3) is 0.294. The van der Waals surface area contributed by atoms with Gasteiger partial charge in [0.2, 0.25) is 0 Å². The summed E-state index contributed by atoms with van der Waals surface area (Å²) in [4.78, 5) is 20.9. The number of carbonyl (C=O) groups excluding carboxylic acids is 1. The molecular formula is C17H19ClN4O. The highest BCUT2D eigenvalue weighted by Crippen LogP contribution is 2.19. The number of hydrogen-bond acceptors (Lipinski definition) is 4. The molecular weight excluding hydrogens is 312 g/mol. The third-order valence-electron chi connectivity index (χ3n) is 3.91. The molecule has 1 fully saturated rings. The summed E-state index contributed by atoms with van der Waals surface area (Å²) in [6.45, 7) is 3.32. The van der Waals surface area contributed by atoms with Crippen molar-refractivity contribution in [2.24, 2.45) is 0 Å². The minimum Gasteiger partial charge on any atom is -0.354 e. The SMILES string of the molecule is CN1CCN(C(=O)c2cncc(Nc3ccc(Cl)cc3)c2)CC1. The van der Waals surface area contributed by atoms with Gasteiger partial charge in [-0.25, -0.2) is 0 Å². The third kappa shape index (κ3) is 4.00. The van der Waals surface area contributed by atoms with E-state index in [1.165, 1.54) is 0 Å². The summed E-state index contributed by atoms with van der Waals surface area (Å²) < 4.78 is 0. The number of benzene rings is 1. The Kier molecular flexibility index (Phi) is 4.79. The predicted octanol–water partition coefficient (Wildman–Crippen LogP) is 2.87. The molecule has 0 spiro atoms. The summed E-state index contributed by atoms with van der Waals surface area (Å²) in [5.74, 6) is 0.0327. The number of anilines is 2. The number of nitrogens with zero attached hydrogens (tertiary/aromatic N) is 3. The van der Waals surface area contributed by atoms with Crippen LogP contribution in [0.5, 0.6) is 0 Å². The molecule has 120 valence electrons. The summed E-state index contributed by atoms with van der Waals surface area (Å²) in [7, 11) is 2.07. The fourth-order valence-corrected chi connectivity index (χ4v) is 2.64. The van der Waals surface area contributed by atoms with Crippen LogP contribution in [0.1, 0.15) is 10.4 Å². The van der Waals surface area contributed by atoms with Gasteiger partial charge in [-0.1, -0.05) is 11.6 Å². The summed E-state index contributed by atoms with van der Waals surface area (Å²) in [6, 6.07) is 9.24. The number of halogens is 1. The smallest absolute Gasteiger partial charge is 0.255 e. The van der Waals surface area contributed by atoms with E-state index in [9.17, 15) is 4.79 Å². The van der Waals surface area contributed by atoms with E-state index in [-0.39, 0.29) is 5.91 Å². The Labute approximate surface area is 140 Å².